The number of hydrogen-bond acceptors (Lipinski definition) is 4. The topological polar surface area (TPSA) is 66.5 Å². The monoisotopic (exact) mass is 385 g/mol. The maximum absolute atomic E-state index is 4.70. The molecule has 0 atom stereocenters. The molecular weight excluding hydrogens is 365 g/mol. The van der Waals surface area contributed by atoms with Crippen molar-refractivity contribution in [3.05, 3.63) is 21.7 Å². The van der Waals surface area contributed by atoms with E-state index in [0.717, 1.165) is 28.0 Å². The minimum absolute atomic E-state index is 0.0382. The third-order valence-electron chi connectivity index (χ3n) is 2.81. The Morgan fingerprint density at radius 1 is 1.30 bits per heavy atom. The van der Waals surface area contributed by atoms with Gasteiger partial charge in [0.05, 0.1) is 9.26 Å². The van der Waals surface area contributed by atoms with E-state index in [-0.39, 0.29) is 5.41 Å². The van der Waals surface area contributed by atoms with Crippen LogP contribution in [0.2, 0.25) is 0 Å². The van der Waals surface area contributed by atoms with Crippen molar-refractivity contribution in [3.63, 3.8) is 0 Å². The van der Waals surface area contributed by atoms with Crippen LogP contribution in [0.5, 0.6) is 0 Å². The second-order valence-corrected chi connectivity index (χ2v) is 6.75. The summed E-state index contributed by atoms with van der Waals surface area (Å²) in [7, 11) is 0. The second-order valence-electron chi connectivity index (χ2n) is 5.67. The normalized spacial score (nSPS) is 11.7. The molecule has 0 unspecified atom stereocenters. The zero-order valence-electron chi connectivity index (χ0n) is 12.3. The van der Waals surface area contributed by atoms with Gasteiger partial charge in [0.25, 0.3) is 0 Å². The van der Waals surface area contributed by atoms with Gasteiger partial charge >= 0.3 is 0 Å². The van der Waals surface area contributed by atoms with Crippen LogP contribution in [0, 0.1) is 3.57 Å². The number of H-pyrrole nitrogens is 1. The van der Waals surface area contributed by atoms with Gasteiger partial charge in [0.2, 0.25) is 0 Å². The van der Waals surface area contributed by atoms with Crippen LogP contribution in [-0.4, -0.2) is 26.5 Å². The fraction of sp³-hybridized carbons (Fsp3) is 0.500. The summed E-state index contributed by atoms with van der Waals surface area (Å²) >= 11 is 2.32. The van der Waals surface area contributed by atoms with E-state index in [1.165, 1.54) is 0 Å². The van der Waals surface area contributed by atoms with Crippen LogP contribution in [0.25, 0.3) is 11.6 Å². The Labute approximate surface area is 133 Å². The number of aromatic nitrogens is 4. The maximum Gasteiger partial charge on any atom is 0.197 e. The first kappa shape index (κ1) is 15.2. The summed E-state index contributed by atoms with van der Waals surface area (Å²) in [6.07, 6.45) is 4.56. The van der Waals surface area contributed by atoms with E-state index in [1.54, 1.807) is 12.4 Å². The number of nitrogens with one attached hydrogen (secondary N) is 2. The average molecular weight is 385 g/mol. The average Bonchev–Trinajstić information content (AvgIpc) is 2.90. The van der Waals surface area contributed by atoms with Gasteiger partial charge < -0.3 is 10.3 Å². The minimum atomic E-state index is -0.0382. The Balaban J connectivity index is 2.54. The molecule has 6 heteroatoms. The van der Waals surface area contributed by atoms with Gasteiger partial charge in [-0.3, -0.25) is 0 Å². The van der Waals surface area contributed by atoms with Crippen LogP contribution >= 0.6 is 22.6 Å². The molecule has 0 spiro atoms. The quantitative estimate of drug-likeness (QED) is 0.790. The lowest BCUT2D eigenvalue weighted by Gasteiger charge is -2.21. The summed E-state index contributed by atoms with van der Waals surface area (Å²) in [4.78, 5) is 16.6. The third kappa shape index (κ3) is 3.28. The van der Waals surface area contributed by atoms with Crippen LogP contribution in [0.15, 0.2) is 12.4 Å². The van der Waals surface area contributed by atoms with Crippen LogP contribution < -0.4 is 5.32 Å². The largest absolute Gasteiger partial charge is 0.369 e. The van der Waals surface area contributed by atoms with Gasteiger partial charge in [0.1, 0.15) is 5.82 Å². The first-order valence-electron chi connectivity index (χ1n) is 6.75. The van der Waals surface area contributed by atoms with Gasteiger partial charge in [-0.1, -0.05) is 27.7 Å². The van der Waals surface area contributed by atoms with Crippen LogP contribution in [0.1, 0.15) is 39.8 Å². The van der Waals surface area contributed by atoms with Crippen molar-refractivity contribution >= 4 is 28.4 Å². The molecule has 0 saturated carbocycles. The van der Waals surface area contributed by atoms with E-state index in [4.69, 9.17) is 4.98 Å². The van der Waals surface area contributed by atoms with E-state index in [1.807, 2.05) is 0 Å². The SMILES string of the molecule is CCCNc1nc(-c2ncc[nH]2)nc(C(C)(C)C)c1I. The fourth-order valence-corrected chi connectivity index (χ4v) is 3.04. The zero-order chi connectivity index (χ0) is 14.8. The highest BCUT2D eigenvalue weighted by molar-refractivity contribution is 14.1. The highest BCUT2D eigenvalue weighted by atomic mass is 127. The van der Waals surface area contributed by atoms with Crippen LogP contribution in [0.3, 0.4) is 0 Å². The summed E-state index contributed by atoms with van der Waals surface area (Å²) < 4.78 is 1.08. The van der Waals surface area contributed by atoms with Gasteiger partial charge in [-0.05, 0) is 29.0 Å². The summed E-state index contributed by atoms with van der Waals surface area (Å²) in [5, 5.41) is 3.38. The van der Waals surface area contributed by atoms with Crippen LogP contribution in [-0.2, 0) is 5.41 Å². The van der Waals surface area contributed by atoms with Crippen molar-refractivity contribution < 1.29 is 0 Å². The Kier molecular flexibility index (Phi) is 4.62. The standard InChI is InChI=1S/C14H20IN5/c1-5-6-16-11-9(15)10(14(2,3)4)19-13(20-11)12-17-7-8-18-12/h7-8H,5-6H2,1-4H3,(H,17,18)(H,16,19,20). The molecule has 0 aliphatic heterocycles. The second kappa shape index (κ2) is 6.07. The molecule has 2 N–H and O–H groups in total. The molecule has 108 valence electrons. The minimum Gasteiger partial charge on any atom is -0.369 e. The lowest BCUT2D eigenvalue weighted by atomic mass is 9.92. The molecule has 0 fully saturated rings. The third-order valence-corrected chi connectivity index (χ3v) is 3.84. The highest BCUT2D eigenvalue weighted by Crippen LogP contribution is 2.30. The summed E-state index contributed by atoms with van der Waals surface area (Å²) in [5.74, 6) is 2.23. The van der Waals surface area contributed by atoms with Crippen molar-refractivity contribution in [3.8, 4) is 11.6 Å². The van der Waals surface area contributed by atoms with E-state index < -0.39 is 0 Å². The fourth-order valence-electron chi connectivity index (χ4n) is 1.80. The maximum atomic E-state index is 4.70. The molecule has 20 heavy (non-hydrogen) atoms. The summed E-state index contributed by atoms with van der Waals surface area (Å²) in [5.41, 5.74) is 1.00. The molecule has 0 radical (unpaired) electrons. The summed E-state index contributed by atoms with van der Waals surface area (Å²) in [6.45, 7) is 9.51. The number of rotatable bonds is 4. The van der Waals surface area contributed by atoms with Gasteiger partial charge in [0.15, 0.2) is 11.6 Å². The molecule has 0 saturated heterocycles. The molecule has 2 heterocycles. The molecule has 2 rings (SSSR count). The van der Waals surface area contributed by atoms with Crippen molar-refractivity contribution in [1.82, 2.24) is 19.9 Å². The van der Waals surface area contributed by atoms with Gasteiger partial charge in [-0.2, -0.15) is 0 Å². The molecule has 0 aliphatic rings. The number of halogens is 1. The predicted molar refractivity (Wildman–Crippen MR) is 89.8 cm³/mol. The highest BCUT2D eigenvalue weighted by Gasteiger charge is 2.24. The first-order chi connectivity index (χ1) is 9.43. The predicted octanol–water partition coefficient (Wildman–Crippen LogP) is 3.59. The molecule has 0 aromatic carbocycles. The molecule has 0 bridgehead atoms. The summed E-state index contributed by atoms with van der Waals surface area (Å²) in [6, 6.07) is 0. The lowest BCUT2D eigenvalue weighted by Crippen LogP contribution is -2.19. The Morgan fingerprint density at radius 2 is 2.05 bits per heavy atom. The smallest absolute Gasteiger partial charge is 0.197 e. The number of anilines is 1. The number of hydrogen-bond donors (Lipinski definition) is 2. The van der Waals surface area contributed by atoms with Gasteiger partial charge in [-0.15, -0.1) is 0 Å². The van der Waals surface area contributed by atoms with E-state index in [2.05, 4.69) is 70.6 Å². The molecule has 0 aliphatic carbocycles. The van der Waals surface area contributed by atoms with Crippen molar-refractivity contribution in [1.29, 1.82) is 0 Å². The van der Waals surface area contributed by atoms with Crippen molar-refractivity contribution in [2.24, 2.45) is 0 Å². The number of imidazole rings is 1. The lowest BCUT2D eigenvalue weighted by molar-refractivity contribution is 0.564. The molecular formula is C14H20IN5. The molecule has 2 aromatic heterocycles. The number of aromatic amines is 1. The molecule has 5 nitrogen and oxygen atoms in total. The molecule has 2 aromatic rings. The Bertz CT molecular complexity index is 572. The van der Waals surface area contributed by atoms with E-state index in [0.29, 0.717) is 11.6 Å². The van der Waals surface area contributed by atoms with Gasteiger partial charge in [0, 0.05) is 24.4 Å². The van der Waals surface area contributed by atoms with E-state index >= 15 is 0 Å². The Hall–Kier alpha value is -1.18. The van der Waals surface area contributed by atoms with E-state index in [9.17, 15) is 0 Å². The first-order valence-corrected chi connectivity index (χ1v) is 7.83. The van der Waals surface area contributed by atoms with Crippen molar-refractivity contribution in [2.45, 2.75) is 39.5 Å². The zero-order valence-corrected chi connectivity index (χ0v) is 14.4. The van der Waals surface area contributed by atoms with Crippen LogP contribution in [0.4, 0.5) is 5.82 Å². The van der Waals surface area contributed by atoms with Crippen molar-refractivity contribution in [2.75, 3.05) is 11.9 Å². The van der Waals surface area contributed by atoms with Gasteiger partial charge in [-0.25, -0.2) is 15.0 Å². The molecule has 0 amide bonds. The number of nitrogens with zero attached hydrogens (tertiary/aromatic N) is 3. The Morgan fingerprint density at radius 3 is 2.60 bits per heavy atom.